The third kappa shape index (κ3) is 2.32. The van der Waals surface area contributed by atoms with Crippen molar-refractivity contribution in [1.29, 1.82) is 0 Å². The fourth-order valence-corrected chi connectivity index (χ4v) is 2.17. The molecule has 0 radical (unpaired) electrons. The minimum atomic E-state index is 0.724. The molecule has 0 fully saturated rings. The van der Waals surface area contributed by atoms with Crippen molar-refractivity contribution in [2.45, 2.75) is 13.5 Å². The zero-order valence-corrected chi connectivity index (χ0v) is 11.6. The maximum atomic E-state index is 5.11. The minimum Gasteiger partial charge on any atom is -0.472 e. The largest absolute Gasteiger partial charge is 0.472 e. The minimum absolute atomic E-state index is 0.724. The Hall–Kier alpha value is -2.50. The molecule has 0 amide bonds. The average Bonchev–Trinajstić information content (AvgIpc) is 3.08. The van der Waals surface area contributed by atoms with Gasteiger partial charge in [-0.25, -0.2) is 9.97 Å². The van der Waals surface area contributed by atoms with Crippen LogP contribution in [0, 0.1) is 0 Å². The van der Waals surface area contributed by atoms with Crippen molar-refractivity contribution in [3.8, 4) is 0 Å². The van der Waals surface area contributed by atoms with Crippen LogP contribution in [0.5, 0.6) is 0 Å². The van der Waals surface area contributed by atoms with Crippen LogP contribution >= 0.6 is 0 Å². The Bertz CT molecular complexity index is 689. The number of hydrogen-bond donors (Lipinski definition) is 1. The van der Waals surface area contributed by atoms with Gasteiger partial charge in [0.1, 0.15) is 5.82 Å². The van der Waals surface area contributed by atoms with E-state index < -0.39 is 0 Å². The maximum Gasteiger partial charge on any atom is 0.180 e. The molecule has 0 bridgehead atoms. The van der Waals surface area contributed by atoms with Gasteiger partial charge in [0, 0.05) is 38.1 Å². The van der Waals surface area contributed by atoms with E-state index in [1.165, 1.54) is 0 Å². The van der Waals surface area contributed by atoms with Gasteiger partial charge in [-0.2, -0.15) is 0 Å². The van der Waals surface area contributed by atoms with E-state index in [-0.39, 0.29) is 0 Å². The number of rotatable bonds is 5. The van der Waals surface area contributed by atoms with E-state index in [9.17, 15) is 0 Å². The Morgan fingerprint density at radius 1 is 1.45 bits per heavy atom. The van der Waals surface area contributed by atoms with Crippen LogP contribution in [0.2, 0.25) is 0 Å². The SMILES string of the molecule is CCNc1cn2ccnc2c(N(C)Cc2ccoc2)n1. The molecule has 0 aliphatic carbocycles. The van der Waals surface area contributed by atoms with Gasteiger partial charge in [-0.15, -0.1) is 0 Å². The molecule has 6 heteroatoms. The topological polar surface area (TPSA) is 58.6 Å². The van der Waals surface area contributed by atoms with Gasteiger partial charge in [-0.05, 0) is 13.0 Å². The summed E-state index contributed by atoms with van der Waals surface area (Å²) in [6.45, 7) is 3.61. The second-order valence-electron chi connectivity index (χ2n) is 4.63. The van der Waals surface area contributed by atoms with Crippen LogP contribution in [0.3, 0.4) is 0 Å². The van der Waals surface area contributed by atoms with Crippen LogP contribution in [0.4, 0.5) is 11.6 Å². The van der Waals surface area contributed by atoms with Crippen LogP contribution in [0.25, 0.3) is 5.65 Å². The van der Waals surface area contributed by atoms with Crippen molar-refractivity contribution in [2.24, 2.45) is 0 Å². The summed E-state index contributed by atoms with van der Waals surface area (Å²) >= 11 is 0. The molecule has 3 aromatic heterocycles. The molecule has 0 aliphatic rings. The molecule has 0 unspecified atom stereocenters. The number of nitrogens with zero attached hydrogens (tertiary/aromatic N) is 4. The van der Waals surface area contributed by atoms with Crippen LogP contribution in [0.1, 0.15) is 12.5 Å². The summed E-state index contributed by atoms with van der Waals surface area (Å²) in [5.74, 6) is 1.68. The predicted molar refractivity (Wildman–Crippen MR) is 78.0 cm³/mol. The van der Waals surface area contributed by atoms with Gasteiger partial charge >= 0.3 is 0 Å². The normalized spacial score (nSPS) is 10.9. The number of furan rings is 1. The van der Waals surface area contributed by atoms with Crippen LogP contribution in [0.15, 0.2) is 41.6 Å². The van der Waals surface area contributed by atoms with Crippen molar-refractivity contribution in [3.63, 3.8) is 0 Å². The van der Waals surface area contributed by atoms with Gasteiger partial charge in [0.15, 0.2) is 11.5 Å². The Kier molecular flexibility index (Phi) is 3.28. The zero-order chi connectivity index (χ0) is 13.9. The fourth-order valence-electron chi connectivity index (χ4n) is 2.17. The highest BCUT2D eigenvalue weighted by Gasteiger charge is 2.12. The van der Waals surface area contributed by atoms with E-state index in [0.717, 1.165) is 35.9 Å². The molecule has 0 spiro atoms. The molecule has 104 valence electrons. The first kappa shape index (κ1) is 12.5. The first-order valence-electron chi connectivity index (χ1n) is 6.57. The van der Waals surface area contributed by atoms with Crippen molar-refractivity contribution in [3.05, 3.63) is 42.7 Å². The van der Waals surface area contributed by atoms with Crippen LogP contribution in [-0.4, -0.2) is 28.0 Å². The highest BCUT2D eigenvalue weighted by molar-refractivity contribution is 5.66. The number of imidazole rings is 1. The summed E-state index contributed by atoms with van der Waals surface area (Å²) in [7, 11) is 2.00. The molecule has 6 nitrogen and oxygen atoms in total. The smallest absolute Gasteiger partial charge is 0.180 e. The van der Waals surface area contributed by atoms with E-state index in [0.29, 0.717) is 0 Å². The molecular weight excluding hydrogens is 254 g/mol. The number of aromatic nitrogens is 3. The lowest BCUT2D eigenvalue weighted by molar-refractivity contribution is 0.563. The second-order valence-corrected chi connectivity index (χ2v) is 4.63. The molecular formula is C14H17N5O. The lowest BCUT2D eigenvalue weighted by Crippen LogP contribution is -2.19. The molecule has 0 saturated carbocycles. The maximum absolute atomic E-state index is 5.11. The van der Waals surface area contributed by atoms with E-state index in [4.69, 9.17) is 4.42 Å². The van der Waals surface area contributed by atoms with Crippen LogP contribution < -0.4 is 10.2 Å². The van der Waals surface area contributed by atoms with Crippen molar-refractivity contribution in [1.82, 2.24) is 14.4 Å². The Balaban J connectivity index is 1.97. The first-order valence-corrected chi connectivity index (χ1v) is 6.57. The molecule has 0 atom stereocenters. The van der Waals surface area contributed by atoms with Gasteiger partial charge in [-0.3, -0.25) is 0 Å². The lowest BCUT2D eigenvalue weighted by Gasteiger charge is -2.19. The van der Waals surface area contributed by atoms with Crippen molar-refractivity contribution >= 4 is 17.3 Å². The number of hydrogen-bond acceptors (Lipinski definition) is 5. The van der Waals surface area contributed by atoms with Crippen molar-refractivity contribution < 1.29 is 4.42 Å². The standard InChI is InChI=1S/C14H17N5O/c1-3-15-12-9-19-6-5-16-13(19)14(17-12)18(2)8-11-4-7-20-10-11/h4-7,9-10,15H,3,8H2,1-2H3. The molecule has 1 N–H and O–H groups in total. The second kappa shape index (κ2) is 5.24. The quantitative estimate of drug-likeness (QED) is 0.772. The highest BCUT2D eigenvalue weighted by Crippen LogP contribution is 2.21. The molecule has 0 saturated heterocycles. The number of fused-ring (bicyclic) bond motifs is 1. The lowest BCUT2D eigenvalue weighted by atomic mass is 10.3. The summed E-state index contributed by atoms with van der Waals surface area (Å²) < 4.78 is 7.08. The Labute approximate surface area is 117 Å². The van der Waals surface area contributed by atoms with Gasteiger partial charge in [-0.1, -0.05) is 0 Å². The van der Waals surface area contributed by atoms with Gasteiger partial charge in [0.25, 0.3) is 0 Å². The van der Waals surface area contributed by atoms with E-state index in [1.54, 1.807) is 18.7 Å². The number of nitrogens with one attached hydrogen (secondary N) is 1. The van der Waals surface area contributed by atoms with Crippen LogP contribution in [-0.2, 0) is 6.54 Å². The van der Waals surface area contributed by atoms with Gasteiger partial charge in [0.2, 0.25) is 0 Å². The third-order valence-electron chi connectivity index (χ3n) is 3.08. The van der Waals surface area contributed by atoms with E-state index in [1.807, 2.05) is 29.9 Å². The molecule has 3 aromatic rings. The molecule has 3 heterocycles. The monoisotopic (exact) mass is 271 g/mol. The summed E-state index contributed by atoms with van der Waals surface area (Å²) in [5, 5.41) is 3.24. The molecule has 20 heavy (non-hydrogen) atoms. The highest BCUT2D eigenvalue weighted by atomic mass is 16.3. The summed E-state index contributed by atoms with van der Waals surface area (Å²) in [6, 6.07) is 1.95. The molecule has 3 rings (SSSR count). The summed E-state index contributed by atoms with van der Waals surface area (Å²) in [6.07, 6.45) is 9.07. The zero-order valence-electron chi connectivity index (χ0n) is 11.6. The summed E-state index contributed by atoms with van der Waals surface area (Å²) in [5.41, 5.74) is 1.95. The number of anilines is 2. The Morgan fingerprint density at radius 3 is 3.10 bits per heavy atom. The average molecular weight is 271 g/mol. The van der Waals surface area contributed by atoms with Gasteiger partial charge < -0.3 is 19.0 Å². The summed E-state index contributed by atoms with van der Waals surface area (Å²) in [4.78, 5) is 11.1. The Morgan fingerprint density at radius 2 is 2.35 bits per heavy atom. The van der Waals surface area contributed by atoms with Crippen molar-refractivity contribution in [2.75, 3.05) is 23.8 Å². The molecule has 0 aliphatic heterocycles. The fraction of sp³-hybridized carbons (Fsp3) is 0.286. The third-order valence-corrected chi connectivity index (χ3v) is 3.08. The van der Waals surface area contributed by atoms with Gasteiger partial charge in [0.05, 0.1) is 18.7 Å². The molecule has 0 aromatic carbocycles. The first-order chi connectivity index (χ1) is 9.78. The van der Waals surface area contributed by atoms with E-state index in [2.05, 4.69) is 27.1 Å². The predicted octanol–water partition coefficient (Wildman–Crippen LogP) is 2.39. The van der Waals surface area contributed by atoms with E-state index >= 15 is 0 Å².